The van der Waals surface area contributed by atoms with Gasteiger partial charge in [0.15, 0.2) is 5.78 Å². The van der Waals surface area contributed by atoms with Crippen molar-refractivity contribution in [3.8, 4) is 0 Å². The second-order valence-corrected chi connectivity index (χ2v) is 4.22. The predicted octanol–water partition coefficient (Wildman–Crippen LogP) is 3.34. The van der Waals surface area contributed by atoms with E-state index < -0.39 is 0 Å². The van der Waals surface area contributed by atoms with Crippen LogP contribution < -0.4 is 0 Å². The number of aromatic nitrogens is 2. The lowest BCUT2D eigenvalue weighted by molar-refractivity contribution is 0.0972. The molecule has 0 fully saturated rings. The highest BCUT2D eigenvalue weighted by molar-refractivity contribution is 5.99. The molecular weight excluding hydrogens is 260 g/mol. The number of halogens is 1. The zero-order chi connectivity index (χ0) is 12.4. The van der Waals surface area contributed by atoms with Crippen molar-refractivity contribution in [2.24, 2.45) is 0 Å². The average molecular weight is 273 g/mol. The molecule has 19 heavy (non-hydrogen) atoms. The monoisotopic (exact) mass is 272 g/mol. The molecule has 0 saturated heterocycles. The van der Waals surface area contributed by atoms with Gasteiger partial charge in [-0.1, -0.05) is 36.4 Å². The number of hydrogen-bond acceptors (Lipinski definition) is 2. The normalized spacial score (nSPS) is 10.1. The van der Waals surface area contributed by atoms with E-state index in [4.69, 9.17) is 0 Å². The first-order valence-electron chi connectivity index (χ1n) is 5.81. The fourth-order valence-corrected chi connectivity index (χ4v) is 2.00. The first-order valence-corrected chi connectivity index (χ1v) is 5.81. The highest BCUT2D eigenvalue weighted by Gasteiger charge is 2.06. The Labute approximate surface area is 117 Å². The van der Waals surface area contributed by atoms with Crippen molar-refractivity contribution in [2.45, 2.75) is 6.54 Å². The summed E-state index contributed by atoms with van der Waals surface area (Å²) in [5.41, 5.74) is 0.738. The molecule has 1 heterocycles. The topological polar surface area (TPSA) is 34.9 Å². The van der Waals surface area contributed by atoms with E-state index in [1.807, 2.05) is 42.5 Å². The smallest absolute Gasteiger partial charge is 0.182 e. The van der Waals surface area contributed by atoms with Crippen molar-refractivity contribution < 1.29 is 4.79 Å². The molecule has 96 valence electrons. The van der Waals surface area contributed by atoms with Gasteiger partial charge in [0.25, 0.3) is 0 Å². The third-order valence-electron chi connectivity index (χ3n) is 2.96. The van der Waals surface area contributed by atoms with Crippen molar-refractivity contribution in [3.63, 3.8) is 0 Å². The molecule has 0 aliphatic carbocycles. The molecule has 0 N–H and O–H groups in total. The molecule has 0 bridgehead atoms. The second-order valence-electron chi connectivity index (χ2n) is 4.22. The Balaban J connectivity index is 0.00000133. The SMILES string of the molecule is Cl.O=C(Cn1ccnc1)c1ccc2ccccc2c1. The summed E-state index contributed by atoms with van der Waals surface area (Å²) in [5, 5.41) is 2.24. The number of hydrogen-bond donors (Lipinski definition) is 0. The van der Waals surface area contributed by atoms with Crippen molar-refractivity contribution in [2.75, 3.05) is 0 Å². The van der Waals surface area contributed by atoms with E-state index in [-0.39, 0.29) is 18.2 Å². The van der Waals surface area contributed by atoms with E-state index in [9.17, 15) is 4.79 Å². The number of rotatable bonds is 3. The molecule has 3 rings (SSSR count). The van der Waals surface area contributed by atoms with Crippen molar-refractivity contribution in [3.05, 3.63) is 66.7 Å². The zero-order valence-electron chi connectivity index (χ0n) is 10.2. The van der Waals surface area contributed by atoms with Crippen molar-refractivity contribution >= 4 is 29.0 Å². The first kappa shape index (κ1) is 13.3. The Kier molecular flexibility index (Phi) is 3.97. The molecule has 3 aromatic rings. The zero-order valence-corrected chi connectivity index (χ0v) is 11.0. The van der Waals surface area contributed by atoms with Gasteiger partial charge in [-0.15, -0.1) is 12.4 Å². The predicted molar refractivity (Wildman–Crippen MR) is 77.8 cm³/mol. The van der Waals surface area contributed by atoms with Crippen LogP contribution in [0.2, 0.25) is 0 Å². The van der Waals surface area contributed by atoms with E-state index in [2.05, 4.69) is 4.98 Å². The van der Waals surface area contributed by atoms with Crippen LogP contribution in [0.1, 0.15) is 10.4 Å². The van der Waals surface area contributed by atoms with Crippen LogP contribution in [0.3, 0.4) is 0 Å². The third-order valence-corrected chi connectivity index (χ3v) is 2.96. The Morgan fingerprint density at radius 3 is 2.63 bits per heavy atom. The standard InChI is InChI=1S/C15H12N2O.ClH/c18-15(10-17-8-7-16-11-17)14-6-5-12-3-1-2-4-13(12)9-14;/h1-9,11H,10H2;1H. The molecule has 1 aromatic heterocycles. The van der Waals surface area contributed by atoms with Gasteiger partial charge in [-0.2, -0.15) is 0 Å². The Bertz CT molecular complexity index is 692. The van der Waals surface area contributed by atoms with Crippen LogP contribution in [-0.4, -0.2) is 15.3 Å². The molecule has 0 saturated carbocycles. The summed E-state index contributed by atoms with van der Waals surface area (Å²) < 4.78 is 1.78. The third kappa shape index (κ3) is 2.83. The summed E-state index contributed by atoms with van der Waals surface area (Å²) in [6.45, 7) is 0.332. The molecule has 0 aliphatic heterocycles. The molecular formula is C15H13ClN2O. The van der Waals surface area contributed by atoms with Gasteiger partial charge >= 0.3 is 0 Å². The Morgan fingerprint density at radius 1 is 1.11 bits per heavy atom. The number of nitrogens with zero attached hydrogens (tertiary/aromatic N) is 2. The first-order chi connectivity index (χ1) is 8.83. The number of fused-ring (bicyclic) bond motifs is 1. The lowest BCUT2D eigenvalue weighted by atomic mass is 10.0. The van der Waals surface area contributed by atoms with Crippen LogP contribution >= 0.6 is 12.4 Å². The molecule has 0 aliphatic rings. The number of Topliss-reactive ketones (excluding diaryl/α,β-unsaturated/α-hetero) is 1. The van der Waals surface area contributed by atoms with Crippen LogP contribution in [-0.2, 0) is 6.54 Å². The van der Waals surface area contributed by atoms with Crippen molar-refractivity contribution in [1.29, 1.82) is 0 Å². The average Bonchev–Trinajstić information content (AvgIpc) is 2.91. The van der Waals surface area contributed by atoms with Gasteiger partial charge < -0.3 is 4.57 Å². The van der Waals surface area contributed by atoms with Crippen LogP contribution in [0, 0.1) is 0 Å². The van der Waals surface area contributed by atoms with E-state index in [1.165, 1.54) is 0 Å². The number of benzene rings is 2. The highest BCUT2D eigenvalue weighted by atomic mass is 35.5. The fraction of sp³-hybridized carbons (Fsp3) is 0.0667. The van der Waals surface area contributed by atoms with Crippen LogP contribution in [0.5, 0.6) is 0 Å². The number of carbonyl (C=O) groups excluding carboxylic acids is 1. The Hall–Kier alpha value is -2.13. The molecule has 0 radical (unpaired) electrons. The number of ketones is 1. The van der Waals surface area contributed by atoms with Gasteiger partial charge in [-0.05, 0) is 16.8 Å². The summed E-state index contributed by atoms with van der Waals surface area (Å²) in [4.78, 5) is 16.0. The lowest BCUT2D eigenvalue weighted by Gasteiger charge is -2.04. The lowest BCUT2D eigenvalue weighted by Crippen LogP contribution is -2.08. The Morgan fingerprint density at radius 2 is 1.89 bits per heavy atom. The number of carbonyl (C=O) groups is 1. The summed E-state index contributed by atoms with van der Waals surface area (Å²) in [6.07, 6.45) is 5.12. The molecule has 0 spiro atoms. The highest BCUT2D eigenvalue weighted by Crippen LogP contribution is 2.16. The van der Waals surface area contributed by atoms with Gasteiger partial charge in [0.1, 0.15) is 0 Å². The summed E-state index contributed by atoms with van der Waals surface area (Å²) >= 11 is 0. The maximum atomic E-state index is 12.1. The van der Waals surface area contributed by atoms with Gasteiger partial charge in [0.05, 0.1) is 12.9 Å². The van der Waals surface area contributed by atoms with Crippen LogP contribution in [0.15, 0.2) is 61.2 Å². The molecule has 4 heteroatoms. The number of imidazole rings is 1. The van der Waals surface area contributed by atoms with E-state index >= 15 is 0 Å². The molecule has 0 amide bonds. The van der Waals surface area contributed by atoms with Gasteiger partial charge in [-0.3, -0.25) is 4.79 Å². The summed E-state index contributed by atoms with van der Waals surface area (Å²) in [5.74, 6) is 0.0961. The van der Waals surface area contributed by atoms with Crippen LogP contribution in [0.25, 0.3) is 10.8 Å². The maximum Gasteiger partial charge on any atom is 0.182 e. The van der Waals surface area contributed by atoms with E-state index in [0.717, 1.165) is 16.3 Å². The minimum absolute atomic E-state index is 0. The summed E-state index contributed by atoms with van der Waals surface area (Å²) in [6, 6.07) is 13.8. The second kappa shape index (κ2) is 5.67. The minimum atomic E-state index is 0. The van der Waals surface area contributed by atoms with Crippen molar-refractivity contribution in [1.82, 2.24) is 9.55 Å². The van der Waals surface area contributed by atoms with Gasteiger partial charge in [-0.25, -0.2) is 4.98 Å². The molecule has 2 aromatic carbocycles. The van der Waals surface area contributed by atoms with Crippen LogP contribution in [0.4, 0.5) is 0 Å². The molecule has 0 unspecified atom stereocenters. The molecule has 3 nitrogen and oxygen atoms in total. The minimum Gasteiger partial charge on any atom is -0.330 e. The van der Waals surface area contributed by atoms with Gasteiger partial charge in [0, 0.05) is 18.0 Å². The quantitative estimate of drug-likeness (QED) is 0.686. The summed E-state index contributed by atoms with van der Waals surface area (Å²) in [7, 11) is 0. The largest absolute Gasteiger partial charge is 0.330 e. The molecule has 0 atom stereocenters. The fourth-order valence-electron chi connectivity index (χ4n) is 2.00. The van der Waals surface area contributed by atoms with E-state index in [1.54, 1.807) is 23.3 Å². The van der Waals surface area contributed by atoms with E-state index in [0.29, 0.717) is 6.54 Å². The maximum absolute atomic E-state index is 12.1. The van der Waals surface area contributed by atoms with Gasteiger partial charge in [0.2, 0.25) is 0 Å².